The number of sulfonamides is 1. The topological polar surface area (TPSA) is 502 Å². The first-order valence-electron chi connectivity index (χ1n) is 44.4. The van der Waals surface area contributed by atoms with Gasteiger partial charge in [-0.3, -0.25) is 39.0 Å². The van der Waals surface area contributed by atoms with Crippen molar-refractivity contribution in [1.29, 1.82) is 5.41 Å². The Balaban J connectivity index is 0.0000154. The molecule has 708 valence electrons. The van der Waals surface area contributed by atoms with Crippen LogP contribution in [0.4, 0.5) is 0 Å². The third-order valence-corrected chi connectivity index (χ3v) is 23.8. The smallest absolute Gasteiger partial charge is 0.490 e. The first-order chi connectivity index (χ1) is 64.5. The number of ether oxygens (including phenoxy) is 10. The molecule has 6 amide bonds. The van der Waals surface area contributed by atoms with Crippen molar-refractivity contribution >= 4 is 102 Å². The maximum Gasteiger partial charge on any atom is 2.00 e. The van der Waals surface area contributed by atoms with Gasteiger partial charge in [0.1, 0.15) is 78.1 Å². The number of unbranched alkanes of at least 4 members (excludes halogenated alkanes) is 1. The van der Waals surface area contributed by atoms with E-state index < -0.39 is 106 Å². The Bertz CT molecular complexity index is 6290. The average Bonchev–Trinajstić information content (AvgIpc) is 1.59. The fourth-order valence-corrected chi connectivity index (χ4v) is 17.3. The molecule has 4 aliphatic heterocycles. The normalized spacial score (nSPS) is 16.1. The summed E-state index contributed by atoms with van der Waals surface area (Å²) in [5.41, 5.74) is 6.04. The van der Waals surface area contributed by atoms with Gasteiger partial charge in [0.2, 0.25) is 41.4 Å². The van der Waals surface area contributed by atoms with Crippen molar-refractivity contribution in [2.45, 2.75) is 160 Å². The van der Waals surface area contributed by atoms with Crippen LogP contribution in [0.3, 0.4) is 0 Å². The minimum Gasteiger partial charge on any atom is -0.490 e. The summed E-state index contributed by atoms with van der Waals surface area (Å²) in [6, 6.07) is 29.7. The summed E-state index contributed by atoms with van der Waals surface area (Å²) in [6.07, 6.45) is 1.64. The number of esters is 1. The summed E-state index contributed by atoms with van der Waals surface area (Å²) in [6.45, 7) is 16.3. The SMILES string of the molecule is COCCOCCOCCOc1ccc(OCCOCCOCCOCc2cn(CC(=O)NCCCC[C@@H]3NC(=O)[C@@H](Cc4ccccc4)NC(=O)[C@H](CC(=O)OC(C)(C)C)NC(=O)CNC(=O)[C@H](CCCNC(=N)NS(=O)(=O)c4c(C)c(C)c5c(c4C)CC(C)(C)O5)NC3=O)nn2)c2c1-c1nc-2nc2[n-]c(nc3nc(nc4[n-]c(n1)c1ccccc41)-c1ccccc1-3)c1ccccc21.[Zn+2]. The van der Waals surface area contributed by atoms with Gasteiger partial charge in [0.05, 0.1) is 131 Å². The fraction of sp³-hybridized carbons (Fsp3) is 0.426. The summed E-state index contributed by atoms with van der Waals surface area (Å²) >= 11 is 0. The van der Waals surface area contributed by atoms with E-state index in [1.54, 1.807) is 97.3 Å². The minimum atomic E-state index is -4.32. The molecule has 4 atom stereocenters. The van der Waals surface area contributed by atoms with Gasteiger partial charge in [0.15, 0.2) is 0 Å². The third-order valence-electron chi connectivity index (χ3n) is 22.2. The van der Waals surface area contributed by atoms with Crippen molar-refractivity contribution in [1.82, 2.24) is 96.8 Å². The predicted octanol–water partition coefficient (Wildman–Crippen LogP) is 6.66. The molecule has 4 aliphatic rings. The quantitative estimate of drug-likeness (QED) is 0.00639. The maximum atomic E-state index is 14.7. The molecule has 0 radical (unpaired) electrons. The first kappa shape index (κ1) is 99.6. The zero-order valence-corrected chi connectivity index (χ0v) is 80.6. The van der Waals surface area contributed by atoms with Crippen LogP contribution in [0.25, 0.3) is 89.7 Å². The third kappa shape index (κ3) is 26.0. The Labute approximate surface area is 792 Å². The molecule has 39 nitrogen and oxygen atoms in total. The summed E-state index contributed by atoms with van der Waals surface area (Å²) in [5.74, 6) is -3.25. The van der Waals surface area contributed by atoms with Gasteiger partial charge in [-0.25, -0.2) is 27.8 Å². The van der Waals surface area contributed by atoms with Crippen LogP contribution in [0.15, 0.2) is 126 Å². The van der Waals surface area contributed by atoms with Crippen molar-refractivity contribution in [3.63, 3.8) is 0 Å². The molecule has 6 aromatic carbocycles. The molecule has 8 heterocycles. The molecule has 1 saturated heterocycles. The standard InChI is InChI=1S/C94H112N20O19S.Zn/c1-55-56(2)79(57(3)66-50-94(7,8)133-78(55)66)134(122,123)112-92(95)97-35-21-31-67-88(118)98-51-73(115)99-70(49-75(117)132-93(4,5)6)91(121)102-69(48-58-22-11-10-12-23-58)90(120)101-68(89(119)100-67)30-19-20-34-96-74(116)53-114-52-59(111-113-114)54-129-43-42-126-39-41-128-45-47-131-72-33-32-71(130-46-44-127-40-38-125-37-36-124-9)76-77(72)87-109-85-65-29-18-16-27-63(65)83(107-85)105-81-61-25-14-13-24-60(61)80(103-81)104-82-62-26-15-17-28-64(62)84(106-82)108-86(76)110-87;/h10-18,22-29,32-33,52,67-70H,19-21,30-31,34-51,53-54H2,1-9H3,(H11,95,96,97,98,99,100,101,102,103,104,105,106,107,108,109,110,111,112,113,115,116,118,119,120,121);/q;+2/p-2/t67-,68-,69+,70-;/m0./s1. The molecule has 8 bridgehead atoms. The number of guanidine groups is 1. The minimum absolute atomic E-state index is 0. The van der Waals surface area contributed by atoms with Gasteiger partial charge in [-0.05, 0) is 143 Å². The number of aromatic nitrogens is 11. The van der Waals surface area contributed by atoms with Crippen molar-refractivity contribution in [2.24, 2.45) is 0 Å². The van der Waals surface area contributed by atoms with Gasteiger partial charge < -0.3 is 114 Å². The molecule has 4 aromatic heterocycles. The Hall–Kier alpha value is -12.9. The van der Waals surface area contributed by atoms with E-state index in [2.05, 4.69) is 52.3 Å². The van der Waals surface area contributed by atoms with Gasteiger partial charge in [-0.15, -0.1) is 5.10 Å². The van der Waals surface area contributed by atoms with E-state index >= 15 is 0 Å². The van der Waals surface area contributed by atoms with E-state index in [9.17, 15) is 42.0 Å². The van der Waals surface area contributed by atoms with Crippen molar-refractivity contribution in [3.05, 3.63) is 155 Å². The maximum absolute atomic E-state index is 14.7. The van der Waals surface area contributed by atoms with E-state index in [1.807, 2.05) is 86.6 Å². The molecule has 0 aliphatic carbocycles. The average molecular weight is 1920 g/mol. The summed E-state index contributed by atoms with van der Waals surface area (Å²) in [4.78, 5) is 139. The summed E-state index contributed by atoms with van der Waals surface area (Å²) < 4.78 is 90.7. The zero-order valence-electron chi connectivity index (χ0n) is 76.8. The number of nitrogens with zero attached hydrogens (tertiary/aromatic N) is 11. The predicted molar refractivity (Wildman–Crippen MR) is 492 cm³/mol. The van der Waals surface area contributed by atoms with Crippen LogP contribution in [0, 0.1) is 26.2 Å². The molecule has 1 fully saturated rings. The second-order valence-electron chi connectivity index (χ2n) is 34.0. The van der Waals surface area contributed by atoms with E-state index in [-0.39, 0.29) is 154 Å². The van der Waals surface area contributed by atoms with Gasteiger partial charge in [-0.2, -0.15) is 0 Å². The molecule has 14 rings (SSSR count). The van der Waals surface area contributed by atoms with Gasteiger partial charge in [0.25, 0.3) is 10.0 Å². The van der Waals surface area contributed by atoms with Crippen LogP contribution >= 0.6 is 0 Å². The van der Waals surface area contributed by atoms with E-state index in [0.29, 0.717) is 123 Å². The number of benzene rings is 6. The number of amides is 6. The number of hydrogen-bond acceptors (Lipinski definition) is 28. The Morgan fingerprint density at radius 1 is 0.563 bits per heavy atom. The Kier molecular flexibility index (Phi) is 33.9. The fourth-order valence-electron chi connectivity index (χ4n) is 15.8. The van der Waals surface area contributed by atoms with E-state index in [1.165, 1.54) is 4.68 Å². The number of carbonyl (C=O) groups is 7. The first-order valence-corrected chi connectivity index (χ1v) is 45.9. The van der Waals surface area contributed by atoms with Crippen molar-refractivity contribution in [2.75, 3.05) is 106 Å². The van der Waals surface area contributed by atoms with Gasteiger partial charge in [0, 0.05) is 72.3 Å². The van der Waals surface area contributed by atoms with Crippen LogP contribution < -0.4 is 66.1 Å². The number of methoxy groups -OCH3 is 1. The van der Waals surface area contributed by atoms with Crippen LogP contribution in [-0.4, -0.2) is 242 Å². The monoisotopic (exact) mass is 1920 g/mol. The zero-order chi connectivity index (χ0) is 94.6. The molecule has 0 unspecified atom stereocenters. The number of rotatable bonds is 39. The second-order valence-corrected chi connectivity index (χ2v) is 35.6. The molecule has 0 saturated carbocycles. The number of hydrogen-bond donors (Lipinski definition) is 9. The Morgan fingerprint density at radius 2 is 1.05 bits per heavy atom. The Morgan fingerprint density at radius 3 is 1.62 bits per heavy atom. The largest absolute Gasteiger partial charge is 2.00 e. The van der Waals surface area contributed by atoms with Crippen LogP contribution in [0.5, 0.6) is 17.2 Å². The molecule has 10 aromatic rings. The molecular weight excluding hydrogens is 1810 g/mol. The molecule has 0 spiro atoms. The van der Waals surface area contributed by atoms with Crippen LogP contribution in [0.2, 0.25) is 0 Å². The van der Waals surface area contributed by atoms with Gasteiger partial charge >= 0.3 is 25.4 Å². The van der Waals surface area contributed by atoms with E-state index in [4.69, 9.17) is 92.6 Å². The molecule has 135 heavy (non-hydrogen) atoms. The summed E-state index contributed by atoms with van der Waals surface area (Å²) in [7, 11) is -2.70. The van der Waals surface area contributed by atoms with E-state index in [0.717, 1.165) is 38.2 Å². The number of fused-ring (bicyclic) bond motifs is 21. The number of carbonyl (C=O) groups excluding carboxylic acids is 7. The molecule has 9 N–H and O–H groups in total. The number of nitrogens with one attached hydrogen (secondary N) is 9. The summed E-state index contributed by atoms with van der Waals surface area (Å²) in [5, 5.41) is 38.6. The van der Waals surface area contributed by atoms with Crippen molar-refractivity contribution in [3.8, 4) is 62.8 Å². The molecular formula is C94H110N20O19SZn. The van der Waals surface area contributed by atoms with Gasteiger partial charge in [-0.1, -0.05) is 108 Å². The van der Waals surface area contributed by atoms with Crippen LogP contribution in [0.1, 0.15) is 107 Å². The van der Waals surface area contributed by atoms with Crippen molar-refractivity contribution < 1.29 is 109 Å². The molecule has 41 heteroatoms. The van der Waals surface area contributed by atoms with Crippen LogP contribution in [-0.2, 0) is 122 Å². The second kappa shape index (κ2) is 45.9.